The summed E-state index contributed by atoms with van der Waals surface area (Å²) in [5, 5.41) is 16.2. The maximum absolute atomic E-state index is 13.7. The monoisotopic (exact) mass is 587 g/mol. The number of unbranched alkanes of at least 4 members (excludes halogenated alkanes) is 1. The third-order valence-corrected chi connectivity index (χ3v) is 8.08. The maximum Gasteiger partial charge on any atom is 0.404 e. The highest BCUT2D eigenvalue weighted by atomic mass is 32.1. The highest BCUT2D eigenvalue weighted by molar-refractivity contribution is 7.13. The molecule has 224 valence electrons. The minimum absolute atomic E-state index is 0.00110. The molecule has 11 nitrogen and oxygen atoms in total. The number of nitrogens with zero attached hydrogens (tertiary/aromatic N) is 2. The maximum atomic E-state index is 13.7. The van der Waals surface area contributed by atoms with Crippen LogP contribution in [0, 0.1) is 12.3 Å². The number of rotatable bonds is 11. The Hall–Kier alpha value is -3.51. The molecular formula is C29H41N5O6S. The fourth-order valence-corrected chi connectivity index (χ4v) is 5.62. The van der Waals surface area contributed by atoms with Crippen LogP contribution in [0.4, 0.5) is 4.79 Å². The first-order valence-electron chi connectivity index (χ1n) is 13.8. The van der Waals surface area contributed by atoms with E-state index in [1.807, 2.05) is 64.4 Å². The molecule has 1 unspecified atom stereocenters. The minimum Gasteiger partial charge on any atom is -0.450 e. The Kier molecular flexibility index (Phi) is 10.9. The number of carbonyl (C=O) groups excluding carboxylic acids is 4. The predicted octanol–water partition coefficient (Wildman–Crippen LogP) is 3.05. The Labute approximate surface area is 244 Å². The van der Waals surface area contributed by atoms with Gasteiger partial charge in [0.1, 0.15) is 12.1 Å². The van der Waals surface area contributed by atoms with Crippen LogP contribution in [0.3, 0.4) is 0 Å². The molecule has 0 aliphatic carbocycles. The van der Waals surface area contributed by atoms with Crippen LogP contribution in [0.2, 0.25) is 0 Å². The van der Waals surface area contributed by atoms with Gasteiger partial charge < -0.3 is 31.1 Å². The molecule has 4 amide bonds. The van der Waals surface area contributed by atoms with E-state index in [-0.39, 0.29) is 43.8 Å². The van der Waals surface area contributed by atoms with Crippen molar-refractivity contribution in [3.8, 4) is 10.4 Å². The van der Waals surface area contributed by atoms with Gasteiger partial charge in [0.2, 0.25) is 17.7 Å². The van der Waals surface area contributed by atoms with Gasteiger partial charge in [-0.3, -0.25) is 14.4 Å². The largest absolute Gasteiger partial charge is 0.450 e. The molecule has 1 aromatic carbocycles. The van der Waals surface area contributed by atoms with Crippen LogP contribution in [0.25, 0.3) is 10.4 Å². The van der Waals surface area contributed by atoms with Crippen molar-refractivity contribution >= 4 is 35.2 Å². The number of aliphatic hydroxyl groups is 1. The summed E-state index contributed by atoms with van der Waals surface area (Å²) in [4.78, 5) is 57.2. The lowest BCUT2D eigenvalue weighted by Crippen LogP contribution is -2.57. The number of nitrogens with two attached hydrogens (primary N) is 1. The fraction of sp³-hybridized carbons (Fsp3) is 0.552. The first-order chi connectivity index (χ1) is 19.3. The van der Waals surface area contributed by atoms with E-state index < -0.39 is 35.6 Å². The molecule has 0 spiro atoms. The quantitative estimate of drug-likeness (QED) is 0.294. The lowest BCUT2D eigenvalue weighted by Gasteiger charge is -2.35. The molecule has 12 heteroatoms. The summed E-state index contributed by atoms with van der Waals surface area (Å²) in [5.41, 5.74) is 9.02. The number of carbonyl (C=O) groups is 4. The zero-order chi connectivity index (χ0) is 30.3. The molecule has 3 rings (SSSR count). The number of aliphatic hydroxyl groups excluding tert-OH is 1. The van der Waals surface area contributed by atoms with E-state index >= 15 is 0 Å². The van der Waals surface area contributed by atoms with Crippen LogP contribution in [0.1, 0.15) is 70.7 Å². The van der Waals surface area contributed by atoms with Gasteiger partial charge in [-0.2, -0.15) is 0 Å². The van der Waals surface area contributed by atoms with Gasteiger partial charge >= 0.3 is 6.09 Å². The van der Waals surface area contributed by atoms with Gasteiger partial charge in [0, 0.05) is 19.4 Å². The summed E-state index contributed by atoms with van der Waals surface area (Å²) in [6, 6.07) is 5.80. The number of aryl methyl sites for hydroxylation is 1. The Bertz CT molecular complexity index is 1230. The summed E-state index contributed by atoms with van der Waals surface area (Å²) < 4.78 is 4.67. The van der Waals surface area contributed by atoms with Gasteiger partial charge in [0.25, 0.3) is 0 Å². The Balaban J connectivity index is 1.64. The second kappa shape index (κ2) is 13.9. The summed E-state index contributed by atoms with van der Waals surface area (Å²) in [6.07, 6.45) is -0.578. The molecule has 1 aliphatic heterocycles. The molecule has 0 bridgehead atoms. The molecule has 2 aromatic rings. The van der Waals surface area contributed by atoms with Crippen LogP contribution < -0.4 is 16.4 Å². The number of amides is 4. The van der Waals surface area contributed by atoms with E-state index in [4.69, 9.17) is 5.73 Å². The molecule has 1 fully saturated rings. The van der Waals surface area contributed by atoms with E-state index in [1.54, 1.807) is 11.3 Å². The number of ether oxygens (including phenoxy) is 1. The number of hydrogen-bond acceptors (Lipinski definition) is 8. The average Bonchev–Trinajstić information content (AvgIpc) is 3.51. The summed E-state index contributed by atoms with van der Waals surface area (Å²) in [5.74, 6) is -1.11. The number of nitrogens with one attached hydrogen (secondary N) is 2. The third-order valence-electron chi connectivity index (χ3n) is 7.10. The first-order valence-corrected chi connectivity index (χ1v) is 14.7. The molecule has 4 atom stereocenters. The fourth-order valence-electron chi connectivity index (χ4n) is 4.81. The van der Waals surface area contributed by atoms with Crippen LogP contribution in [-0.2, 0) is 19.1 Å². The van der Waals surface area contributed by atoms with Crippen molar-refractivity contribution in [2.75, 3.05) is 13.2 Å². The number of β-amino-alcohol motifs (C(OH)–C–C–N with tert-alkyl or cyclic N) is 1. The molecule has 1 saturated heterocycles. The Morgan fingerprint density at radius 2 is 1.85 bits per heavy atom. The van der Waals surface area contributed by atoms with E-state index in [2.05, 4.69) is 20.4 Å². The topological polar surface area (TPSA) is 164 Å². The van der Waals surface area contributed by atoms with E-state index in [1.165, 1.54) is 4.90 Å². The number of hydrogen-bond donors (Lipinski definition) is 4. The highest BCUT2D eigenvalue weighted by Gasteiger charge is 2.44. The van der Waals surface area contributed by atoms with Gasteiger partial charge in [-0.15, -0.1) is 11.3 Å². The minimum atomic E-state index is -0.905. The second-order valence-electron chi connectivity index (χ2n) is 11.5. The van der Waals surface area contributed by atoms with Gasteiger partial charge in [-0.05, 0) is 43.2 Å². The smallest absolute Gasteiger partial charge is 0.404 e. The standard InChI is InChI=1S/C29H41N5O6S/c1-17(19-9-11-20(12-10-19)24-18(2)31-16-41-24)32-26(37)22-14-21(35)15-34(22)27(38)25(29(3,4)5)33-23(36)8-6-7-13-40-28(30)39/h9-12,16-17,21-22,25,35H,6-8,13-15H2,1-5H3,(H2,30,39)(H,32,37)(H,33,36)/t17-,21+,22-,25?/m0/s1. The van der Waals surface area contributed by atoms with Crippen molar-refractivity contribution in [1.82, 2.24) is 20.5 Å². The Morgan fingerprint density at radius 3 is 2.44 bits per heavy atom. The van der Waals surface area contributed by atoms with Gasteiger partial charge in [0.05, 0.1) is 34.8 Å². The predicted molar refractivity (Wildman–Crippen MR) is 156 cm³/mol. The van der Waals surface area contributed by atoms with Gasteiger partial charge in [0.15, 0.2) is 0 Å². The van der Waals surface area contributed by atoms with Crippen LogP contribution in [0.15, 0.2) is 29.8 Å². The van der Waals surface area contributed by atoms with Crippen molar-refractivity contribution in [1.29, 1.82) is 0 Å². The first kappa shape index (κ1) is 32.0. The van der Waals surface area contributed by atoms with Crippen molar-refractivity contribution in [2.45, 2.75) is 84.5 Å². The number of likely N-dealkylation sites (tertiary alicyclic amines) is 1. The number of aromatic nitrogens is 1. The molecule has 41 heavy (non-hydrogen) atoms. The SMILES string of the molecule is Cc1ncsc1-c1ccc([C@H](C)NC(=O)[C@@H]2C[C@@H](O)CN2C(=O)C(NC(=O)CCCCOC(N)=O)C(C)(C)C)cc1. The number of thiazole rings is 1. The highest BCUT2D eigenvalue weighted by Crippen LogP contribution is 2.29. The van der Waals surface area contributed by atoms with Crippen molar-refractivity contribution in [2.24, 2.45) is 11.1 Å². The van der Waals surface area contributed by atoms with Crippen molar-refractivity contribution < 1.29 is 29.0 Å². The van der Waals surface area contributed by atoms with Crippen molar-refractivity contribution in [3.63, 3.8) is 0 Å². The van der Waals surface area contributed by atoms with Crippen LogP contribution in [-0.4, -0.2) is 70.1 Å². The van der Waals surface area contributed by atoms with Crippen LogP contribution in [0.5, 0.6) is 0 Å². The summed E-state index contributed by atoms with van der Waals surface area (Å²) in [6.45, 7) is 9.44. The lowest BCUT2D eigenvalue weighted by molar-refractivity contribution is -0.144. The third kappa shape index (κ3) is 8.74. The van der Waals surface area contributed by atoms with Crippen LogP contribution >= 0.6 is 11.3 Å². The average molecular weight is 588 g/mol. The van der Waals surface area contributed by atoms with E-state index in [9.17, 15) is 24.3 Å². The summed E-state index contributed by atoms with van der Waals surface area (Å²) >= 11 is 1.57. The normalized spacial score (nSPS) is 18.4. The van der Waals surface area contributed by atoms with E-state index in [0.29, 0.717) is 12.8 Å². The zero-order valence-electron chi connectivity index (χ0n) is 24.3. The molecule has 1 aromatic heterocycles. The molecule has 1 aliphatic rings. The van der Waals surface area contributed by atoms with Gasteiger partial charge in [-0.25, -0.2) is 9.78 Å². The molecule has 2 heterocycles. The lowest BCUT2D eigenvalue weighted by atomic mass is 9.85. The number of benzene rings is 1. The Morgan fingerprint density at radius 1 is 1.17 bits per heavy atom. The number of primary amides is 1. The van der Waals surface area contributed by atoms with E-state index in [0.717, 1.165) is 21.7 Å². The molecule has 5 N–H and O–H groups in total. The zero-order valence-corrected chi connectivity index (χ0v) is 25.1. The second-order valence-corrected chi connectivity index (χ2v) is 12.4. The summed E-state index contributed by atoms with van der Waals surface area (Å²) in [7, 11) is 0. The van der Waals surface area contributed by atoms with Gasteiger partial charge in [-0.1, -0.05) is 45.0 Å². The molecular weight excluding hydrogens is 546 g/mol. The molecule has 0 saturated carbocycles. The molecule has 0 radical (unpaired) electrons. The van der Waals surface area contributed by atoms with Crippen molar-refractivity contribution in [3.05, 3.63) is 41.0 Å².